The molecule has 0 heterocycles. The van der Waals surface area contributed by atoms with Gasteiger partial charge in [-0.3, -0.25) is 4.79 Å². The van der Waals surface area contributed by atoms with Crippen LogP contribution in [0, 0.1) is 0 Å². The van der Waals surface area contributed by atoms with Crippen LogP contribution in [0.1, 0.15) is 41.5 Å². The normalized spacial score (nSPS) is 14.4. The third-order valence-electron chi connectivity index (χ3n) is 2.09. The summed E-state index contributed by atoms with van der Waals surface area (Å²) in [6.45, 7) is 11.0. The van der Waals surface area contributed by atoms with E-state index in [0.717, 1.165) is 11.5 Å². The number of carbonyl (C=O) groups is 2. The van der Waals surface area contributed by atoms with Crippen LogP contribution in [0.25, 0.3) is 0 Å². The lowest BCUT2D eigenvalue weighted by atomic mass is 10.2. The molecule has 0 spiro atoms. The van der Waals surface area contributed by atoms with Crippen LogP contribution in [0.3, 0.4) is 0 Å². The lowest BCUT2D eigenvalue weighted by Gasteiger charge is -2.22. The van der Waals surface area contributed by atoms with Gasteiger partial charge in [-0.15, -0.1) is 0 Å². The van der Waals surface area contributed by atoms with Crippen molar-refractivity contribution in [2.45, 2.75) is 59.2 Å². The van der Waals surface area contributed by atoms with E-state index in [1.807, 2.05) is 6.92 Å². The van der Waals surface area contributed by atoms with Crippen LogP contribution >= 0.6 is 11.8 Å². The molecule has 2 atom stereocenters. The first kappa shape index (κ1) is 18.1. The second kappa shape index (κ2) is 8.30. The van der Waals surface area contributed by atoms with Gasteiger partial charge >= 0.3 is 6.09 Å². The first-order valence-electron chi connectivity index (χ1n) is 6.53. The molecule has 0 aromatic heterocycles. The van der Waals surface area contributed by atoms with Crippen LogP contribution in [-0.2, 0) is 9.53 Å². The molecular weight excluding hydrogens is 264 g/mol. The van der Waals surface area contributed by atoms with Crippen LogP contribution in [0.2, 0.25) is 0 Å². The van der Waals surface area contributed by atoms with Crippen molar-refractivity contribution in [3.05, 3.63) is 0 Å². The van der Waals surface area contributed by atoms with Gasteiger partial charge in [0.05, 0.1) is 0 Å². The maximum absolute atomic E-state index is 11.8. The topological polar surface area (TPSA) is 67.4 Å². The number of rotatable bonds is 6. The van der Waals surface area contributed by atoms with Gasteiger partial charge in [0, 0.05) is 11.8 Å². The van der Waals surface area contributed by atoms with Crippen molar-refractivity contribution in [1.82, 2.24) is 10.6 Å². The average molecular weight is 290 g/mol. The second-order valence-electron chi connectivity index (χ2n) is 5.44. The third-order valence-corrected chi connectivity index (χ3v) is 3.23. The van der Waals surface area contributed by atoms with Gasteiger partial charge < -0.3 is 15.4 Å². The molecule has 2 amide bonds. The number of nitrogens with one attached hydrogen (secondary N) is 2. The Morgan fingerprint density at radius 3 is 2.26 bits per heavy atom. The highest BCUT2D eigenvalue weighted by Crippen LogP contribution is 2.07. The molecule has 0 saturated carbocycles. The van der Waals surface area contributed by atoms with Crippen molar-refractivity contribution in [3.63, 3.8) is 0 Å². The number of thioether (sulfide) groups is 1. The fourth-order valence-electron chi connectivity index (χ4n) is 1.25. The Morgan fingerprint density at radius 1 is 1.21 bits per heavy atom. The number of ether oxygens (including phenoxy) is 1. The van der Waals surface area contributed by atoms with Gasteiger partial charge in [-0.05, 0) is 40.4 Å². The van der Waals surface area contributed by atoms with Gasteiger partial charge in [-0.2, -0.15) is 11.8 Å². The maximum Gasteiger partial charge on any atom is 0.408 e. The van der Waals surface area contributed by atoms with Crippen LogP contribution in [0.5, 0.6) is 0 Å². The molecule has 0 bridgehead atoms. The zero-order valence-corrected chi connectivity index (χ0v) is 13.5. The predicted molar refractivity (Wildman–Crippen MR) is 79.4 cm³/mol. The Labute approximate surface area is 120 Å². The molecule has 0 radical (unpaired) electrons. The smallest absolute Gasteiger partial charge is 0.408 e. The average Bonchev–Trinajstić information content (AvgIpc) is 2.23. The minimum atomic E-state index is -0.607. The van der Waals surface area contributed by atoms with E-state index in [-0.39, 0.29) is 11.9 Å². The minimum absolute atomic E-state index is 0.0836. The van der Waals surface area contributed by atoms with Crippen molar-refractivity contribution < 1.29 is 14.3 Å². The number of hydrogen-bond donors (Lipinski definition) is 2. The van der Waals surface area contributed by atoms with Crippen LogP contribution in [0.4, 0.5) is 4.79 Å². The Morgan fingerprint density at radius 2 is 1.79 bits per heavy atom. The SMILES string of the molecule is CCSCC(C)NC(=O)C(C)NC(=O)OC(C)(C)C. The number of hydrogen-bond acceptors (Lipinski definition) is 4. The number of amides is 2. The molecule has 6 heteroatoms. The monoisotopic (exact) mass is 290 g/mol. The lowest BCUT2D eigenvalue weighted by Crippen LogP contribution is -2.49. The first-order chi connectivity index (χ1) is 8.65. The summed E-state index contributed by atoms with van der Waals surface area (Å²) in [5, 5.41) is 5.37. The molecule has 0 aromatic rings. The van der Waals surface area contributed by atoms with Crippen LogP contribution in [0.15, 0.2) is 0 Å². The van der Waals surface area contributed by atoms with Crippen molar-refractivity contribution in [1.29, 1.82) is 0 Å². The van der Waals surface area contributed by atoms with Crippen molar-refractivity contribution in [3.8, 4) is 0 Å². The molecule has 2 unspecified atom stereocenters. The zero-order chi connectivity index (χ0) is 15.1. The van der Waals surface area contributed by atoms with E-state index in [9.17, 15) is 9.59 Å². The highest BCUT2D eigenvalue weighted by Gasteiger charge is 2.21. The lowest BCUT2D eigenvalue weighted by molar-refractivity contribution is -0.123. The number of alkyl carbamates (subject to hydrolysis) is 1. The van der Waals surface area contributed by atoms with E-state index in [1.54, 1.807) is 39.5 Å². The Kier molecular flexibility index (Phi) is 7.90. The van der Waals surface area contributed by atoms with E-state index in [4.69, 9.17) is 4.74 Å². The van der Waals surface area contributed by atoms with Crippen molar-refractivity contribution in [2.75, 3.05) is 11.5 Å². The molecule has 2 N–H and O–H groups in total. The Hall–Kier alpha value is -0.910. The molecule has 0 rings (SSSR count). The van der Waals surface area contributed by atoms with E-state index in [2.05, 4.69) is 17.6 Å². The molecular formula is C13H26N2O3S. The van der Waals surface area contributed by atoms with Gasteiger partial charge in [0.25, 0.3) is 0 Å². The quantitative estimate of drug-likeness (QED) is 0.786. The van der Waals surface area contributed by atoms with Crippen LogP contribution in [-0.4, -0.2) is 41.2 Å². The minimum Gasteiger partial charge on any atom is -0.444 e. The summed E-state index contributed by atoms with van der Waals surface area (Å²) in [4.78, 5) is 23.3. The number of carbonyl (C=O) groups excluding carboxylic acids is 2. The van der Waals surface area contributed by atoms with Crippen LogP contribution < -0.4 is 10.6 Å². The summed E-state index contributed by atoms with van der Waals surface area (Å²) >= 11 is 1.76. The first-order valence-corrected chi connectivity index (χ1v) is 7.68. The molecule has 5 nitrogen and oxygen atoms in total. The summed E-state index contributed by atoms with van der Waals surface area (Å²) < 4.78 is 5.09. The largest absolute Gasteiger partial charge is 0.444 e. The molecule has 112 valence electrons. The summed E-state index contributed by atoms with van der Waals surface area (Å²) in [7, 11) is 0. The van der Waals surface area contributed by atoms with Gasteiger partial charge in [-0.1, -0.05) is 6.92 Å². The van der Waals surface area contributed by atoms with E-state index in [1.165, 1.54) is 0 Å². The highest BCUT2D eigenvalue weighted by atomic mass is 32.2. The standard InChI is InChI=1S/C13H26N2O3S/c1-7-19-8-9(2)14-11(16)10(3)15-12(17)18-13(4,5)6/h9-10H,7-8H2,1-6H3,(H,14,16)(H,15,17). The maximum atomic E-state index is 11.8. The summed E-state index contributed by atoms with van der Waals surface area (Å²) in [6, 6.07) is -0.524. The fraction of sp³-hybridized carbons (Fsp3) is 0.846. The van der Waals surface area contributed by atoms with Crippen molar-refractivity contribution in [2.24, 2.45) is 0 Å². The summed E-state index contributed by atoms with van der Waals surface area (Å²) in [5.41, 5.74) is -0.564. The summed E-state index contributed by atoms with van der Waals surface area (Å²) in [6.07, 6.45) is -0.578. The summed E-state index contributed by atoms with van der Waals surface area (Å²) in [5.74, 6) is 1.68. The van der Waals surface area contributed by atoms with E-state index < -0.39 is 17.7 Å². The predicted octanol–water partition coefficient (Wildman–Crippen LogP) is 2.16. The third kappa shape index (κ3) is 9.64. The Bertz CT molecular complexity index is 303. The zero-order valence-electron chi connectivity index (χ0n) is 12.7. The second-order valence-corrected chi connectivity index (χ2v) is 6.76. The molecule has 0 aliphatic rings. The van der Waals surface area contributed by atoms with Gasteiger partial charge in [0.1, 0.15) is 11.6 Å². The van der Waals surface area contributed by atoms with Gasteiger partial charge in [0.2, 0.25) is 5.91 Å². The van der Waals surface area contributed by atoms with E-state index in [0.29, 0.717) is 0 Å². The highest BCUT2D eigenvalue weighted by molar-refractivity contribution is 7.99. The van der Waals surface area contributed by atoms with Gasteiger partial charge in [-0.25, -0.2) is 4.79 Å². The van der Waals surface area contributed by atoms with Crippen molar-refractivity contribution >= 4 is 23.8 Å². The molecule has 0 aliphatic heterocycles. The molecule has 0 saturated heterocycles. The molecule has 19 heavy (non-hydrogen) atoms. The van der Waals surface area contributed by atoms with E-state index >= 15 is 0 Å². The fourth-order valence-corrected chi connectivity index (χ4v) is 1.93. The Balaban J connectivity index is 4.09. The van der Waals surface area contributed by atoms with Gasteiger partial charge in [0.15, 0.2) is 0 Å². The molecule has 0 aromatic carbocycles. The molecule has 0 aliphatic carbocycles. The molecule has 0 fully saturated rings.